The maximum Gasteiger partial charge on any atom is 0.230 e. The Morgan fingerprint density at radius 3 is 3.00 bits per heavy atom. The molecular formula is C13H20N2O2S. The lowest BCUT2D eigenvalue weighted by atomic mass is 10.1. The van der Waals surface area contributed by atoms with E-state index in [1.807, 2.05) is 19.1 Å². The van der Waals surface area contributed by atoms with E-state index in [2.05, 4.69) is 5.32 Å². The summed E-state index contributed by atoms with van der Waals surface area (Å²) in [6, 6.07) is 4.21. The molecule has 1 fully saturated rings. The second-order valence-electron chi connectivity index (χ2n) is 4.66. The summed E-state index contributed by atoms with van der Waals surface area (Å²) in [7, 11) is 0. The van der Waals surface area contributed by atoms with Crippen molar-refractivity contribution in [3.63, 3.8) is 0 Å². The van der Waals surface area contributed by atoms with Gasteiger partial charge in [-0.25, -0.2) is 0 Å². The van der Waals surface area contributed by atoms with Crippen molar-refractivity contribution in [1.29, 1.82) is 0 Å². The predicted molar refractivity (Wildman–Crippen MR) is 73.3 cm³/mol. The Morgan fingerprint density at radius 1 is 1.67 bits per heavy atom. The average molecular weight is 268 g/mol. The summed E-state index contributed by atoms with van der Waals surface area (Å²) in [4.78, 5) is 11.7. The second kappa shape index (κ2) is 6.29. The Kier molecular flexibility index (Phi) is 4.72. The fourth-order valence-electron chi connectivity index (χ4n) is 1.75. The van der Waals surface area contributed by atoms with Crippen LogP contribution in [0.4, 0.5) is 0 Å². The van der Waals surface area contributed by atoms with Crippen LogP contribution in [0.1, 0.15) is 37.2 Å². The molecule has 1 aromatic heterocycles. The third kappa shape index (κ3) is 3.78. The molecule has 0 aliphatic heterocycles. The molecule has 0 bridgehead atoms. The first-order valence-corrected chi connectivity index (χ1v) is 7.45. The number of carbonyl (C=O) groups is 1. The van der Waals surface area contributed by atoms with Crippen molar-refractivity contribution in [2.24, 2.45) is 5.73 Å². The average Bonchev–Trinajstić information content (AvgIpc) is 3.01. The number of rotatable bonds is 7. The maximum absolute atomic E-state index is 11.7. The lowest BCUT2D eigenvalue weighted by Crippen LogP contribution is -2.30. The summed E-state index contributed by atoms with van der Waals surface area (Å²) in [5.74, 6) is 1.39. The van der Waals surface area contributed by atoms with Crippen LogP contribution in [0.5, 0.6) is 0 Å². The van der Waals surface area contributed by atoms with Crippen molar-refractivity contribution in [3.05, 3.63) is 24.2 Å². The van der Waals surface area contributed by atoms with E-state index in [1.165, 1.54) is 0 Å². The topological polar surface area (TPSA) is 68.3 Å². The molecule has 18 heavy (non-hydrogen) atoms. The molecule has 2 rings (SSSR count). The smallest absolute Gasteiger partial charge is 0.230 e. The first-order valence-electron chi connectivity index (χ1n) is 6.40. The zero-order chi connectivity index (χ0) is 13.0. The third-order valence-electron chi connectivity index (χ3n) is 3.02. The summed E-state index contributed by atoms with van der Waals surface area (Å²) >= 11 is 1.56. The van der Waals surface area contributed by atoms with Crippen LogP contribution < -0.4 is 11.1 Å². The fraction of sp³-hybridized carbons (Fsp3) is 0.615. The van der Waals surface area contributed by atoms with Gasteiger partial charge in [-0.15, -0.1) is 11.8 Å². The molecule has 1 aromatic rings. The molecule has 1 heterocycles. The van der Waals surface area contributed by atoms with Crippen molar-refractivity contribution >= 4 is 17.7 Å². The number of nitrogens with two attached hydrogens (primary N) is 1. The molecule has 2 atom stereocenters. The molecule has 0 aromatic carbocycles. The molecule has 100 valence electrons. The van der Waals surface area contributed by atoms with Crippen LogP contribution in [-0.4, -0.2) is 23.7 Å². The number of hydrogen-bond donors (Lipinski definition) is 2. The van der Waals surface area contributed by atoms with Crippen LogP contribution in [0.3, 0.4) is 0 Å². The molecule has 1 aliphatic rings. The van der Waals surface area contributed by atoms with Gasteiger partial charge in [0.25, 0.3) is 0 Å². The lowest BCUT2D eigenvalue weighted by Gasteiger charge is -2.20. The third-order valence-corrected chi connectivity index (χ3v) is 4.39. The normalized spacial score (nSPS) is 18.3. The van der Waals surface area contributed by atoms with Gasteiger partial charge in [0.2, 0.25) is 5.91 Å². The van der Waals surface area contributed by atoms with E-state index >= 15 is 0 Å². The van der Waals surface area contributed by atoms with Crippen molar-refractivity contribution < 1.29 is 9.21 Å². The fourth-order valence-corrected chi connectivity index (χ4v) is 2.90. The van der Waals surface area contributed by atoms with Crippen LogP contribution >= 0.6 is 11.8 Å². The molecule has 2 unspecified atom stereocenters. The van der Waals surface area contributed by atoms with Crippen molar-refractivity contribution in [2.45, 2.75) is 43.5 Å². The van der Waals surface area contributed by atoms with Gasteiger partial charge in [0.1, 0.15) is 5.76 Å². The van der Waals surface area contributed by atoms with Crippen molar-refractivity contribution in [3.8, 4) is 0 Å². The SMILES string of the molecule is CCC(N)C(SCC(=O)NC1CC1)c1ccco1. The highest BCUT2D eigenvalue weighted by Crippen LogP contribution is 2.32. The highest BCUT2D eigenvalue weighted by atomic mass is 32.2. The Morgan fingerprint density at radius 2 is 2.44 bits per heavy atom. The van der Waals surface area contributed by atoms with Crippen LogP contribution in [0, 0.1) is 0 Å². The van der Waals surface area contributed by atoms with Gasteiger partial charge in [0, 0.05) is 12.1 Å². The van der Waals surface area contributed by atoms with E-state index in [1.54, 1.807) is 18.0 Å². The zero-order valence-electron chi connectivity index (χ0n) is 10.6. The van der Waals surface area contributed by atoms with Gasteiger partial charge in [0.15, 0.2) is 0 Å². The maximum atomic E-state index is 11.7. The van der Waals surface area contributed by atoms with Crippen LogP contribution in [0.15, 0.2) is 22.8 Å². The van der Waals surface area contributed by atoms with Gasteiger partial charge < -0.3 is 15.5 Å². The van der Waals surface area contributed by atoms with E-state index in [0.717, 1.165) is 25.0 Å². The minimum absolute atomic E-state index is 0.00914. The number of carbonyl (C=O) groups excluding carboxylic acids is 1. The summed E-state index contributed by atoms with van der Waals surface area (Å²) < 4.78 is 5.41. The van der Waals surface area contributed by atoms with Gasteiger partial charge in [-0.3, -0.25) is 4.79 Å². The van der Waals surface area contributed by atoms with Gasteiger partial charge >= 0.3 is 0 Å². The number of amides is 1. The van der Waals surface area contributed by atoms with E-state index in [0.29, 0.717) is 11.8 Å². The van der Waals surface area contributed by atoms with Crippen molar-refractivity contribution in [1.82, 2.24) is 5.32 Å². The standard InChI is InChI=1S/C13H20N2O2S/c1-2-10(14)13(11-4-3-7-17-11)18-8-12(16)15-9-5-6-9/h3-4,7,9-10,13H,2,5-6,8,14H2,1H3,(H,15,16). The molecule has 5 heteroatoms. The minimum Gasteiger partial charge on any atom is -0.468 e. The van der Waals surface area contributed by atoms with Gasteiger partial charge in [-0.2, -0.15) is 0 Å². The largest absolute Gasteiger partial charge is 0.468 e. The summed E-state index contributed by atoms with van der Waals surface area (Å²) in [6.45, 7) is 2.05. The molecule has 1 saturated carbocycles. The highest BCUT2D eigenvalue weighted by molar-refractivity contribution is 8.00. The quantitative estimate of drug-likeness (QED) is 0.794. The molecular weight excluding hydrogens is 248 g/mol. The predicted octanol–water partition coefficient (Wildman–Crippen LogP) is 2.07. The minimum atomic E-state index is 0.00914. The first-order chi connectivity index (χ1) is 8.70. The van der Waals surface area contributed by atoms with Crippen LogP contribution in [0.2, 0.25) is 0 Å². The lowest BCUT2D eigenvalue weighted by molar-refractivity contribution is -0.118. The number of furan rings is 1. The first kappa shape index (κ1) is 13.5. The molecule has 0 radical (unpaired) electrons. The highest BCUT2D eigenvalue weighted by Gasteiger charge is 2.26. The zero-order valence-corrected chi connectivity index (χ0v) is 11.4. The Hall–Kier alpha value is -0.940. The van der Waals surface area contributed by atoms with Gasteiger partial charge in [-0.05, 0) is 31.4 Å². The molecule has 1 amide bonds. The van der Waals surface area contributed by atoms with Crippen LogP contribution in [0.25, 0.3) is 0 Å². The van der Waals surface area contributed by atoms with E-state index in [9.17, 15) is 4.79 Å². The Bertz CT molecular complexity index is 376. The van der Waals surface area contributed by atoms with Crippen molar-refractivity contribution in [2.75, 3.05) is 5.75 Å². The molecule has 3 N–H and O–H groups in total. The Balaban J connectivity index is 1.86. The molecule has 1 aliphatic carbocycles. The monoisotopic (exact) mass is 268 g/mol. The Labute approximate surface area is 112 Å². The molecule has 0 saturated heterocycles. The van der Waals surface area contributed by atoms with E-state index in [-0.39, 0.29) is 17.2 Å². The summed E-state index contributed by atoms with van der Waals surface area (Å²) in [6.07, 6.45) is 4.75. The molecule has 4 nitrogen and oxygen atoms in total. The van der Waals surface area contributed by atoms with E-state index in [4.69, 9.17) is 10.2 Å². The van der Waals surface area contributed by atoms with E-state index < -0.39 is 0 Å². The number of nitrogens with one attached hydrogen (secondary N) is 1. The second-order valence-corrected chi connectivity index (χ2v) is 5.79. The summed E-state index contributed by atoms with van der Waals surface area (Å²) in [5.41, 5.74) is 6.10. The van der Waals surface area contributed by atoms with Gasteiger partial charge in [-0.1, -0.05) is 6.92 Å². The van der Waals surface area contributed by atoms with Gasteiger partial charge in [0.05, 0.1) is 17.3 Å². The number of thioether (sulfide) groups is 1. The summed E-state index contributed by atoms with van der Waals surface area (Å²) in [5, 5.41) is 3.03. The number of hydrogen-bond acceptors (Lipinski definition) is 4. The van der Waals surface area contributed by atoms with Crippen LogP contribution in [-0.2, 0) is 4.79 Å². The molecule has 0 spiro atoms.